The van der Waals surface area contributed by atoms with Gasteiger partial charge in [-0.2, -0.15) is 31.6 Å². The Kier molecular flexibility index (Phi) is 5.06. The summed E-state index contributed by atoms with van der Waals surface area (Å²) < 4.78 is 81.2. The molecule has 0 aliphatic heterocycles. The molecule has 0 unspecified atom stereocenters. The number of alkyl halides is 6. The van der Waals surface area contributed by atoms with Crippen LogP contribution in [0.1, 0.15) is 29.2 Å². The fraction of sp³-hybridized carbons (Fsp3) is 0.385. The van der Waals surface area contributed by atoms with Gasteiger partial charge in [-0.3, -0.25) is 4.79 Å². The maximum absolute atomic E-state index is 12.9. The lowest BCUT2D eigenvalue weighted by Gasteiger charge is -2.17. The lowest BCUT2D eigenvalue weighted by atomic mass is 9.95. The van der Waals surface area contributed by atoms with E-state index in [0.29, 0.717) is 0 Å². The zero-order chi connectivity index (χ0) is 17.1. The van der Waals surface area contributed by atoms with Crippen molar-refractivity contribution in [3.8, 4) is 6.07 Å². The number of ether oxygens (including phenoxy) is 1. The first-order chi connectivity index (χ1) is 10.0. The second-order valence-corrected chi connectivity index (χ2v) is 4.14. The Balaban J connectivity index is 3.53. The summed E-state index contributed by atoms with van der Waals surface area (Å²) in [5.74, 6) is -1.07. The van der Waals surface area contributed by atoms with Crippen molar-refractivity contribution in [2.75, 3.05) is 6.61 Å². The number of esters is 1. The molecule has 0 heterocycles. The van der Waals surface area contributed by atoms with Crippen LogP contribution in [-0.4, -0.2) is 12.6 Å². The Labute approximate surface area is 121 Å². The number of carbonyl (C=O) groups excluding carboxylic acids is 1. The van der Waals surface area contributed by atoms with Crippen LogP contribution in [0, 0.1) is 11.3 Å². The molecule has 120 valence electrons. The zero-order valence-corrected chi connectivity index (χ0v) is 11.1. The molecule has 0 aromatic heterocycles. The molecule has 0 amide bonds. The molecule has 0 saturated heterocycles. The Morgan fingerprint density at radius 3 is 2.18 bits per heavy atom. The topological polar surface area (TPSA) is 50.1 Å². The van der Waals surface area contributed by atoms with Crippen LogP contribution in [0.25, 0.3) is 0 Å². The van der Waals surface area contributed by atoms with E-state index in [1.807, 2.05) is 0 Å². The lowest BCUT2D eigenvalue weighted by molar-refractivity contribution is -0.144. The average molecular weight is 325 g/mol. The smallest absolute Gasteiger partial charge is 0.416 e. The van der Waals surface area contributed by atoms with Gasteiger partial charge >= 0.3 is 18.3 Å². The summed E-state index contributed by atoms with van der Waals surface area (Å²) in [6.07, 6.45) is -11.1. The van der Waals surface area contributed by atoms with E-state index in [2.05, 4.69) is 4.74 Å². The van der Waals surface area contributed by atoms with E-state index in [0.717, 1.165) is 0 Å². The van der Waals surface area contributed by atoms with E-state index < -0.39 is 47.0 Å². The fourth-order valence-electron chi connectivity index (χ4n) is 1.74. The molecule has 1 aromatic rings. The van der Waals surface area contributed by atoms with Gasteiger partial charge in [-0.05, 0) is 24.6 Å². The Hall–Kier alpha value is -2.24. The van der Waals surface area contributed by atoms with Crippen molar-refractivity contribution in [2.45, 2.75) is 25.7 Å². The van der Waals surface area contributed by atoms with E-state index in [9.17, 15) is 31.1 Å². The molecule has 9 heteroatoms. The monoisotopic (exact) mass is 325 g/mol. The highest BCUT2D eigenvalue weighted by atomic mass is 19.4. The number of hydrogen-bond donors (Lipinski definition) is 0. The standard InChI is InChI=1S/C13H9F6NO2/c1-2-22-11(21)5-9-7(6-20)3-8(12(14,15)16)4-10(9)13(17,18)19/h3-4H,2,5H2,1H3. The van der Waals surface area contributed by atoms with Gasteiger partial charge < -0.3 is 4.74 Å². The molecule has 0 radical (unpaired) electrons. The highest BCUT2D eigenvalue weighted by Crippen LogP contribution is 2.39. The molecule has 22 heavy (non-hydrogen) atoms. The molecule has 0 N–H and O–H groups in total. The van der Waals surface area contributed by atoms with E-state index in [4.69, 9.17) is 5.26 Å². The van der Waals surface area contributed by atoms with Crippen LogP contribution in [-0.2, 0) is 28.3 Å². The van der Waals surface area contributed by atoms with E-state index in [-0.39, 0.29) is 18.7 Å². The summed E-state index contributed by atoms with van der Waals surface area (Å²) in [4.78, 5) is 11.3. The van der Waals surface area contributed by atoms with Gasteiger partial charge in [0.1, 0.15) is 0 Å². The second kappa shape index (κ2) is 6.25. The molecule has 1 aromatic carbocycles. The number of benzene rings is 1. The van der Waals surface area contributed by atoms with E-state index in [1.165, 1.54) is 13.0 Å². The van der Waals surface area contributed by atoms with Crippen LogP contribution in [0.5, 0.6) is 0 Å². The number of hydrogen-bond acceptors (Lipinski definition) is 3. The third-order valence-corrected chi connectivity index (χ3v) is 2.63. The molecular weight excluding hydrogens is 316 g/mol. The van der Waals surface area contributed by atoms with Crippen molar-refractivity contribution in [1.29, 1.82) is 5.26 Å². The zero-order valence-electron chi connectivity index (χ0n) is 11.1. The Morgan fingerprint density at radius 2 is 1.77 bits per heavy atom. The summed E-state index contributed by atoms with van der Waals surface area (Å²) in [7, 11) is 0. The number of nitrogens with zero attached hydrogens (tertiary/aromatic N) is 1. The molecule has 0 atom stereocenters. The fourth-order valence-corrected chi connectivity index (χ4v) is 1.74. The van der Waals surface area contributed by atoms with Crippen LogP contribution in [0.2, 0.25) is 0 Å². The molecule has 0 spiro atoms. The first kappa shape index (κ1) is 17.8. The molecule has 3 nitrogen and oxygen atoms in total. The highest BCUT2D eigenvalue weighted by molar-refractivity contribution is 5.74. The number of carbonyl (C=O) groups is 1. The van der Waals surface area contributed by atoms with Crippen molar-refractivity contribution in [3.05, 3.63) is 34.4 Å². The largest absolute Gasteiger partial charge is 0.466 e. The maximum atomic E-state index is 12.9. The van der Waals surface area contributed by atoms with Crippen LogP contribution >= 0.6 is 0 Å². The van der Waals surface area contributed by atoms with Gasteiger partial charge in [0.2, 0.25) is 0 Å². The Morgan fingerprint density at radius 1 is 1.18 bits per heavy atom. The van der Waals surface area contributed by atoms with Gasteiger partial charge in [0.25, 0.3) is 0 Å². The average Bonchev–Trinajstić information content (AvgIpc) is 2.36. The van der Waals surface area contributed by atoms with Crippen molar-refractivity contribution in [1.82, 2.24) is 0 Å². The normalized spacial score (nSPS) is 11.9. The van der Waals surface area contributed by atoms with Crippen LogP contribution in [0.15, 0.2) is 12.1 Å². The minimum atomic E-state index is -5.14. The molecule has 0 aliphatic rings. The predicted octanol–water partition coefficient (Wildman–Crippen LogP) is 3.70. The summed E-state index contributed by atoms with van der Waals surface area (Å²) in [6, 6.07) is 1.43. The molecule has 1 rings (SSSR count). The van der Waals surface area contributed by atoms with Crippen molar-refractivity contribution < 1.29 is 35.9 Å². The summed E-state index contributed by atoms with van der Waals surface area (Å²) >= 11 is 0. The maximum Gasteiger partial charge on any atom is 0.416 e. The Bertz CT molecular complexity index is 613. The highest BCUT2D eigenvalue weighted by Gasteiger charge is 2.40. The van der Waals surface area contributed by atoms with E-state index in [1.54, 1.807) is 0 Å². The van der Waals surface area contributed by atoms with Crippen LogP contribution in [0.3, 0.4) is 0 Å². The van der Waals surface area contributed by atoms with Crippen molar-refractivity contribution in [2.24, 2.45) is 0 Å². The molecule has 0 fully saturated rings. The minimum absolute atomic E-state index is 0.108. The first-order valence-corrected chi connectivity index (χ1v) is 5.87. The first-order valence-electron chi connectivity index (χ1n) is 5.87. The van der Waals surface area contributed by atoms with Gasteiger partial charge in [-0.1, -0.05) is 0 Å². The molecule has 0 bridgehead atoms. The summed E-state index contributed by atoms with van der Waals surface area (Å²) in [6.45, 7) is 1.31. The van der Waals surface area contributed by atoms with Gasteiger partial charge in [0.15, 0.2) is 0 Å². The second-order valence-electron chi connectivity index (χ2n) is 4.14. The lowest BCUT2D eigenvalue weighted by Crippen LogP contribution is -2.18. The van der Waals surface area contributed by atoms with Crippen LogP contribution < -0.4 is 0 Å². The van der Waals surface area contributed by atoms with Gasteiger partial charge in [0.05, 0.1) is 35.8 Å². The van der Waals surface area contributed by atoms with Gasteiger partial charge in [-0.15, -0.1) is 0 Å². The predicted molar refractivity (Wildman–Crippen MR) is 61.5 cm³/mol. The quantitative estimate of drug-likeness (QED) is 0.629. The molecule has 0 aliphatic carbocycles. The van der Waals surface area contributed by atoms with Crippen molar-refractivity contribution in [3.63, 3.8) is 0 Å². The van der Waals surface area contributed by atoms with Crippen molar-refractivity contribution >= 4 is 5.97 Å². The number of rotatable bonds is 3. The molecular formula is C13H9F6NO2. The summed E-state index contributed by atoms with van der Waals surface area (Å²) in [5, 5.41) is 8.80. The molecule has 0 saturated carbocycles. The number of nitriles is 1. The third-order valence-electron chi connectivity index (χ3n) is 2.63. The van der Waals surface area contributed by atoms with E-state index >= 15 is 0 Å². The summed E-state index contributed by atoms with van der Waals surface area (Å²) in [5.41, 5.74) is -4.98. The van der Waals surface area contributed by atoms with Gasteiger partial charge in [-0.25, -0.2) is 0 Å². The third kappa shape index (κ3) is 4.13. The SMILES string of the molecule is CCOC(=O)Cc1c(C#N)cc(C(F)(F)F)cc1C(F)(F)F. The number of halogens is 6. The van der Waals surface area contributed by atoms with Crippen LogP contribution in [0.4, 0.5) is 26.3 Å². The van der Waals surface area contributed by atoms with Gasteiger partial charge in [0, 0.05) is 0 Å². The minimum Gasteiger partial charge on any atom is -0.466 e.